The molecule has 3 aliphatic rings. The lowest BCUT2D eigenvalue weighted by atomic mass is 9.78. The van der Waals surface area contributed by atoms with Crippen molar-refractivity contribution in [3.63, 3.8) is 0 Å². The largest absolute Gasteiger partial charge is 0.324 e. The van der Waals surface area contributed by atoms with Crippen molar-refractivity contribution >= 4 is 40.9 Å². The van der Waals surface area contributed by atoms with Crippen molar-refractivity contribution in [2.45, 2.75) is 79.7 Å². The van der Waals surface area contributed by atoms with Gasteiger partial charge in [0.1, 0.15) is 0 Å². The molecule has 0 N–H and O–H groups in total. The SMILES string of the molecule is CC1CCCCC12CN(C(=O)C(Cl)Cl)C1(CCCCC1C)S2. The average Bonchev–Trinajstić information content (AvgIpc) is 2.81. The predicted octanol–water partition coefficient (Wildman–Crippen LogP) is 5.22. The Morgan fingerprint density at radius 1 is 1.09 bits per heavy atom. The van der Waals surface area contributed by atoms with E-state index in [-0.39, 0.29) is 15.5 Å². The molecule has 0 radical (unpaired) electrons. The second-order valence-corrected chi connectivity index (χ2v) is 10.4. The molecule has 1 saturated heterocycles. The first-order valence-electron chi connectivity index (χ1n) is 8.71. The van der Waals surface area contributed by atoms with Crippen molar-refractivity contribution in [1.82, 2.24) is 4.90 Å². The Balaban J connectivity index is 1.96. The molecule has 2 aliphatic carbocycles. The minimum atomic E-state index is -0.930. The molecule has 126 valence electrons. The summed E-state index contributed by atoms with van der Waals surface area (Å²) in [5.74, 6) is 1.12. The fourth-order valence-electron chi connectivity index (χ4n) is 4.85. The minimum absolute atomic E-state index is 0.0665. The lowest BCUT2D eigenvalue weighted by Gasteiger charge is -2.46. The first-order chi connectivity index (χ1) is 10.4. The van der Waals surface area contributed by atoms with Crippen LogP contribution in [-0.4, -0.2) is 31.8 Å². The Kier molecular flexibility index (Phi) is 4.99. The highest BCUT2D eigenvalue weighted by atomic mass is 35.5. The summed E-state index contributed by atoms with van der Waals surface area (Å²) in [5, 5.41) is 0. The average molecular weight is 364 g/mol. The molecule has 4 unspecified atom stereocenters. The molecule has 3 fully saturated rings. The highest BCUT2D eigenvalue weighted by Crippen LogP contribution is 2.62. The fraction of sp³-hybridized carbons (Fsp3) is 0.941. The molecule has 0 aromatic carbocycles. The number of nitrogens with zero attached hydrogens (tertiary/aromatic N) is 1. The molecule has 5 heteroatoms. The van der Waals surface area contributed by atoms with Gasteiger partial charge in [0.15, 0.2) is 4.84 Å². The fourth-order valence-corrected chi connectivity index (χ4v) is 7.38. The third-order valence-electron chi connectivity index (χ3n) is 6.29. The van der Waals surface area contributed by atoms with E-state index in [4.69, 9.17) is 23.2 Å². The van der Waals surface area contributed by atoms with E-state index in [1.54, 1.807) is 0 Å². The molecule has 0 aromatic heterocycles. The minimum Gasteiger partial charge on any atom is -0.324 e. The monoisotopic (exact) mass is 363 g/mol. The number of hydrogen-bond acceptors (Lipinski definition) is 2. The van der Waals surface area contributed by atoms with Crippen molar-refractivity contribution in [2.24, 2.45) is 11.8 Å². The number of alkyl halides is 2. The molecule has 22 heavy (non-hydrogen) atoms. The van der Waals surface area contributed by atoms with Gasteiger partial charge in [-0.05, 0) is 37.5 Å². The van der Waals surface area contributed by atoms with E-state index >= 15 is 0 Å². The van der Waals surface area contributed by atoms with Crippen LogP contribution in [0.2, 0.25) is 0 Å². The number of amides is 1. The molecule has 2 spiro atoms. The second kappa shape index (κ2) is 6.37. The zero-order chi connectivity index (χ0) is 16.0. The number of hydrogen-bond donors (Lipinski definition) is 0. The molecule has 2 nitrogen and oxygen atoms in total. The maximum Gasteiger partial charge on any atom is 0.257 e. The Morgan fingerprint density at radius 2 is 1.73 bits per heavy atom. The van der Waals surface area contributed by atoms with Crippen molar-refractivity contribution in [3.8, 4) is 0 Å². The molecule has 1 heterocycles. The molecule has 2 saturated carbocycles. The molecular formula is C17H27Cl2NOS. The van der Waals surface area contributed by atoms with Gasteiger partial charge in [-0.25, -0.2) is 0 Å². The molecule has 0 aromatic rings. The number of thioether (sulfide) groups is 1. The topological polar surface area (TPSA) is 20.3 Å². The van der Waals surface area contributed by atoms with Crippen molar-refractivity contribution in [1.29, 1.82) is 0 Å². The van der Waals surface area contributed by atoms with Crippen LogP contribution in [0, 0.1) is 11.8 Å². The number of rotatable bonds is 1. The van der Waals surface area contributed by atoms with Crippen LogP contribution in [0.3, 0.4) is 0 Å². The zero-order valence-electron chi connectivity index (χ0n) is 13.6. The maximum atomic E-state index is 12.7. The lowest BCUT2D eigenvalue weighted by Crippen LogP contribution is -2.53. The maximum absolute atomic E-state index is 12.7. The predicted molar refractivity (Wildman–Crippen MR) is 95.5 cm³/mol. The summed E-state index contributed by atoms with van der Waals surface area (Å²) in [5.41, 5.74) is 0. The van der Waals surface area contributed by atoms with Gasteiger partial charge in [-0.2, -0.15) is 0 Å². The molecule has 3 rings (SSSR count). The zero-order valence-corrected chi connectivity index (χ0v) is 15.9. The second-order valence-electron chi connectivity index (χ2n) is 7.53. The van der Waals surface area contributed by atoms with E-state index in [9.17, 15) is 4.79 Å². The van der Waals surface area contributed by atoms with Crippen molar-refractivity contribution in [3.05, 3.63) is 0 Å². The summed E-state index contributed by atoms with van der Waals surface area (Å²) < 4.78 is 0.224. The van der Waals surface area contributed by atoms with E-state index in [0.29, 0.717) is 11.8 Å². The van der Waals surface area contributed by atoms with E-state index in [0.717, 1.165) is 13.0 Å². The Bertz CT molecular complexity index is 446. The highest BCUT2D eigenvalue weighted by Gasteiger charge is 2.60. The first kappa shape index (κ1) is 17.2. The summed E-state index contributed by atoms with van der Waals surface area (Å²) in [6.45, 7) is 5.54. The summed E-state index contributed by atoms with van der Waals surface area (Å²) in [6, 6.07) is 0. The van der Waals surface area contributed by atoms with Crippen LogP contribution >= 0.6 is 35.0 Å². The van der Waals surface area contributed by atoms with Gasteiger partial charge < -0.3 is 4.90 Å². The van der Waals surface area contributed by atoms with E-state index in [1.807, 2.05) is 0 Å². The van der Waals surface area contributed by atoms with E-state index < -0.39 is 4.84 Å². The van der Waals surface area contributed by atoms with Crippen LogP contribution in [0.5, 0.6) is 0 Å². The normalized spacial score (nSPS) is 42.5. The van der Waals surface area contributed by atoms with Gasteiger partial charge in [-0.3, -0.25) is 4.79 Å². The van der Waals surface area contributed by atoms with E-state index in [1.165, 1.54) is 44.9 Å². The van der Waals surface area contributed by atoms with Gasteiger partial charge in [0.25, 0.3) is 5.91 Å². The van der Waals surface area contributed by atoms with Crippen LogP contribution in [0.1, 0.15) is 65.2 Å². The number of halogens is 2. The van der Waals surface area contributed by atoms with Gasteiger partial charge in [0.2, 0.25) is 0 Å². The third-order valence-corrected chi connectivity index (χ3v) is 8.99. The van der Waals surface area contributed by atoms with Crippen LogP contribution in [-0.2, 0) is 4.79 Å². The van der Waals surface area contributed by atoms with Gasteiger partial charge >= 0.3 is 0 Å². The van der Waals surface area contributed by atoms with Crippen LogP contribution in [0.15, 0.2) is 0 Å². The molecule has 1 aliphatic heterocycles. The Labute approximate surface area is 148 Å². The number of carbonyl (C=O) groups excluding carboxylic acids is 1. The smallest absolute Gasteiger partial charge is 0.257 e. The molecule has 0 bridgehead atoms. The quantitative estimate of drug-likeness (QED) is 0.595. The summed E-state index contributed by atoms with van der Waals surface area (Å²) in [6.07, 6.45) is 9.91. The lowest BCUT2D eigenvalue weighted by molar-refractivity contribution is -0.134. The van der Waals surface area contributed by atoms with Gasteiger partial charge in [0, 0.05) is 11.3 Å². The van der Waals surface area contributed by atoms with E-state index in [2.05, 4.69) is 30.5 Å². The summed E-state index contributed by atoms with van der Waals surface area (Å²) in [4.78, 5) is 13.8. The number of carbonyl (C=O) groups is 1. The molecular weight excluding hydrogens is 337 g/mol. The van der Waals surface area contributed by atoms with Gasteiger partial charge in [-0.15, -0.1) is 11.8 Å². The Morgan fingerprint density at radius 3 is 2.32 bits per heavy atom. The van der Waals surface area contributed by atoms with Gasteiger partial charge in [-0.1, -0.05) is 62.7 Å². The summed E-state index contributed by atoms with van der Waals surface area (Å²) >= 11 is 14.1. The summed E-state index contributed by atoms with van der Waals surface area (Å²) in [7, 11) is 0. The Hall–Kier alpha value is 0.400. The van der Waals surface area contributed by atoms with Crippen LogP contribution in [0.4, 0.5) is 0 Å². The highest BCUT2D eigenvalue weighted by molar-refractivity contribution is 8.02. The molecule has 1 amide bonds. The van der Waals surface area contributed by atoms with Gasteiger partial charge in [0.05, 0.1) is 4.87 Å². The van der Waals surface area contributed by atoms with Crippen LogP contribution < -0.4 is 0 Å². The molecule has 4 atom stereocenters. The third kappa shape index (κ3) is 2.69. The van der Waals surface area contributed by atoms with Crippen LogP contribution in [0.25, 0.3) is 0 Å². The van der Waals surface area contributed by atoms with Crippen molar-refractivity contribution in [2.75, 3.05) is 6.54 Å². The first-order valence-corrected chi connectivity index (χ1v) is 10.4. The standard InChI is InChI=1S/C17H27Cl2NOS/c1-12-7-3-5-9-16(12)11-20(15(21)14(18)19)17(22-16)10-6-4-8-13(17)2/h12-14H,3-11H2,1-2H3. The van der Waals surface area contributed by atoms with Crippen molar-refractivity contribution < 1.29 is 4.79 Å².